The van der Waals surface area contributed by atoms with E-state index in [0.717, 1.165) is 50.4 Å². The second-order valence-electron chi connectivity index (χ2n) is 9.43. The Morgan fingerprint density at radius 1 is 0.971 bits per heavy atom. The van der Waals surface area contributed by atoms with Gasteiger partial charge in [-0.05, 0) is 50.6 Å². The summed E-state index contributed by atoms with van der Waals surface area (Å²) in [6.07, 6.45) is 1.92. The maximum absolute atomic E-state index is 13.4. The number of piperazine rings is 1. The van der Waals surface area contributed by atoms with E-state index in [4.69, 9.17) is 16.6 Å². The second-order valence-corrected chi connectivity index (χ2v) is 9.84. The summed E-state index contributed by atoms with van der Waals surface area (Å²) < 4.78 is 2.27. The Balaban J connectivity index is 1.19. The number of hydrogen-bond acceptors (Lipinski definition) is 4. The molecule has 0 bridgehead atoms. The first-order valence-electron chi connectivity index (χ1n) is 12.5. The molecule has 2 aromatic carbocycles. The molecular formula is C27H32ClN5O2. The van der Waals surface area contributed by atoms with Crippen molar-refractivity contribution in [3.63, 3.8) is 0 Å². The van der Waals surface area contributed by atoms with E-state index >= 15 is 0 Å². The number of amides is 2. The molecule has 2 amide bonds. The number of hydrogen-bond donors (Lipinski definition) is 0. The van der Waals surface area contributed by atoms with Gasteiger partial charge in [-0.2, -0.15) is 0 Å². The molecule has 3 aromatic rings. The maximum atomic E-state index is 13.4. The van der Waals surface area contributed by atoms with Gasteiger partial charge in [0.2, 0.25) is 5.91 Å². The predicted octanol–water partition coefficient (Wildman–Crippen LogP) is 3.91. The van der Waals surface area contributed by atoms with Gasteiger partial charge in [-0.1, -0.05) is 35.9 Å². The van der Waals surface area contributed by atoms with Gasteiger partial charge in [0, 0.05) is 39.3 Å². The molecule has 8 heteroatoms. The minimum Gasteiger partial charge on any atom is -0.339 e. The van der Waals surface area contributed by atoms with Crippen LogP contribution >= 0.6 is 11.6 Å². The quantitative estimate of drug-likeness (QED) is 0.540. The Morgan fingerprint density at radius 3 is 2.46 bits per heavy atom. The topological polar surface area (TPSA) is 61.7 Å². The van der Waals surface area contributed by atoms with Crippen molar-refractivity contribution in [1.29, 1.82) is 0 Å². The van der Waals surface area contributed by atoms with Gasteiger partial charge in [0.25, 0.3) is 5.91 Å². The van der Waals surface area contributed by atoms with Crippen LogP contribution in [-0.4, -0.2) is 75.3 Å². The van der Waals surface area contributed by atoms with Crippen LogP contribution in [0, 0.1) is 5.92 Å². The van der Waals surface area contributed by atoms with Crippen LogP contribution in [0.25, 0.3) is 11.0 Å². The Bertz CT molecular complexity index is 1220. The lowest BCUT2D eigenvalue weighted by Crippen LogP contribution is -2.53. The number of fused-ring (bicyclic) bond motifs is 1. The SMILES string of the molecule is CCn1c(CN2CCC[C@@H](C(=O)N3CCN(C(=O)c4ccccc4Cl)CC3)C2)nc2ccccc21. The van der Waals surface area contributed by atoms with Crippen LogP contribution < -0.4 is 0 Å². The molecular weight excluding hydrogens is 462 g/mol. The molecule has 1 aromatic heterocycles. The smallest absolute Gasteiger partial charge is 0.255 e. The van der Waals surface area contributed by atoms with E-state index in [2.05, 4.69) is 34.6 Å². The van der Waals surface area contributed by atoms with Gasteiger partial charge in [-0.25, -0.2) is 4.98 Å². The van der Waals surface area contributed by atoms with Crippen LogP contribution in [0.3, 0.4) is 0 Å². The van der Waals surface area contributed by atoms with Gasteiger partial charge in [-0.3, -0.25) is 14.5 Å². The average Bonchev–Trinajstić information content (AvgIpc) is 3.25. The van der Waals surface area contributed by atoms with Crippen molar-refractivity contribution in [2.75, 3.05) is 39.3 Å². The van der Waals surface area contributed by atoms with Crippen LogP contribution in [0.1, 0.15) is 35.9 Å². The first kappa shape index (κ1) is 23.8. The lowest BCUT2D eigenvalue weighted by atomic mass is 9.96. The number of piperidine rings is 1. The lowest BCUT2D eigenvalue weighted by Gasteiger charge is -2.39. The first-order valence-corrected chi connectivity index (χ1v) is 12.9. The third-order valence-corrected chi connectivity index (χ3v) is 7.58. The van der Waals surface area contributed by atoms with Crippen molar-refractivity contribution < 1.29 is 9.59 Å². The van der Waals surface area contributed by atoms with Gasteiger partial charge < -0.3 is 14.4 Å². The van der Waals surface area contributed by atoms with Crippen molar-refractivity contribution in [1.82, 2.24) is 24.3 Å². The zero-order chi connectivity index (χ0) is 24.4. The fourth-order valence-electron chi connectivity index (χ4n) is 5.39. The summed E-state index contributed by atoms with van der Waals surface area (Å²) in [6, 6.07) is 15.4. The third kappa shape index (κ3) is 4.93. The second kappa shape index (κ2) is 10.4. The highest BCUT2D eigenvalue weighted by Gasteiger charge is 2.32. The van der Waals surface area contributed by atoms with Crippen LogP contribution in [-0.2, 0) is 17.9 Å². The molecule has 184 valence electrons. The zero-order valence-corrected chi connectivity index (χ0v) is 21.0. The Morgan fingerprint density at radius 2 is 1.69 bits per heavy atom. The van der Waals surface area contributed by atoms with Gasteiger partial charge >= 0.3 is 0 Å². The van der Waals surface area contributed by atoms with Crippen molar-refractivity contribution in [2.45, 2.75) is 32.9 Å². The Hall–Kier alpha value is -2.90. The van der Waals surface area contributed by atoms with E-state index in [9.17, 15) is 9.59 Å². The normalized spacial score (nSPS) is 19.3. The van der Waals surface area contributed by atoms with Crippen LogP contribution in [0.2, 0.25) is 5.02 Å². The van der Waals surface area contributed by atoms with Crippen LogP contribution in [0.15, 0.2) is 48.5 Å². The standard InChI is InChI=1S/C27H32ClN5O2/c1-2-33-24-12-6-5-11-23(24)29-25(33)19-30-13-7-8-20(18-30)26(34)31-14-16-32(17-15-31)27(35)21-9-3-4-10-22(21)28/h3-6,9-12,20H,2,7-8,13-19H2,1H3/t20-/m1/s1. The molecule has 2 aliphatic heterocycles. The van der Waals surface area contributed by atoms with Crippen molar-refractivity contribution >= 4 is 34.4 Å². The molecule has 2 aliphatic rings. The molecule has 0 spiro atoms. The van der Waals surface area contributed by atoms with Gasteiger partial charge in [0.15, 0.2) is 0 Å². The highest BCUT2D eigenvalue weighted by Crippen LogP contribution is 2.24. The zero-order valence-electron chi connectivity index (χ0n) is 20.2. The number of aryl methyl sites for hydroxylation is 1. The monoisotopic (exact) mass is 493 g/mol. The molecule has 2 fully saturated rings. The molecule has 0 unspecified atom stereocenters. The predicted molar refractivity (Wildman–Crippen MR) is 137 cm³/mol. The number of halogens is 1. The molecule has 0 saturated carbocycles. The molecule has 7 nitrogen and oxygen atoms in total. The van der Waals surface area contributed by atoms with E-state index in [0.29, 0.717) is 36.8 Å². The van der Waals surface area contributed by atoms with E-state index < -0.39 is 0 Å². The Labute approximate surface area is 211 Å². The van der Waals surface area contributed by atoms with Crippen molar-refractivity contribution in [2.24, 2.45) is 5.92 Å². The molecule has 0 N–H and O–H groups in total. The number of carbonyl (C=O) groups is 2. The minimum atomic E-state index is -0.0645. The number of para-hydroxylation sites is 2. The summed E-state index contributed by atoms with van der Waals surface area (Å²) in [5.41, 5.74) is 2.71. The van der Waals surface area contributed by atoms with E-state index in [1.165, 1.54) is 5.52 Å². The maximum Gasteiger partial charge on any atom is 0.255 e. The number of rotatable bonds is 5. The summed E-state index contributed by atoms with van der Waals surface area (Å²) in [7, 11) is 0. The fraction of sp³-hybridized carbons (Fsp3) is 0.444. The van der Waals surface area contributed by atoms with Gasteiger partial charge in [-0.15, -0.1) is 0 Å². The molecule has 2 saturated heterocycles. The summed E-state index contributed by atoms with van der Waals surface area (Å²) in [5, 5.41) is 0.468. The van der Waals surface area contributed by atoms with E-state index in [1.807, 2.05) is 23.1 Å². The highest BCUT2D eigenvalue weighted by molar-refractivity contribution is 6.33. The third-order valence-electron chi connectivity index (χ3n) is 7.25. The van der Waals surface area contributed by atoms with Gasteiger partial charge in [0.05, 0.1) is 34.1 Å². The lowest BCUT2D eigenvalue weighted by molar-refractivity contribution is -0.139. The molecule has 0 radical (unpaired) electrons. The average molecular weight is 494 g/mol. The first-order chi connectivity index (χ1) is 17.0. The minimum absolute atomic E-state index is 0.00553. The summed E-state index contributed by atoms with van der Waals surface area (Å²) in [4.78, 5) is 37.2. The summed E-state index contributed by atoms with van der Waals surface area (Å²) in [5.74, 6) is 1.21. The largest absolute Gasteiger partial charge is 0.339 e. The fourth-order valence-corrected chi connectivity index (χ4v) is 5.61. The summed E-state index contributed by atoms with van der Waals surface area (Å²) >= 11 is 6.21. The van der Waals surface area contributed by atoms with Crippen molar-refractivity contribution in [3.8, 4) is 0 Å². The van der Waals surface area contributed by atoms with E-state index in [1.54, 1.807) is 17.0 Å². The number of nitrogens with zero attached hydrogens (tertiary/aromatic N) is 5. The molecule has 1 atom stereocenters. The highest BCUT2D eigenvalue weighted by atomic mass is 35.5. The van der Waals surface area contributed by atoms with Crippen molar-refractivity contribution in [3.05, 3.63) is 64.9 Å². The summed E-state index contributed by atoms with van der Waals surface area (Å²) in [6.45, 7) is 7.72. The number of aromatic nitrogens is 2. The number of likely N-dealkylation sites (tertiary alicyclic amines) is 1. The number of benzene rings is 2. The Kier molecular flexibility index (Phi) is 7.07. The number of carbonyl (C=O) groups excluding carboxylic acids is 2. The number of imidazole rings is 1. The van der Waals surface area contributed by atoms with Gasteiger partial charge in [0.1, 0.15) is 5.82 Å². The molecule has 5 rings (SSSR count). The molecule has 0 aliphatic carbocycles. The molecule has 3 heterocycles. The van der Waals surface area contributed by atoms with Crippen LogP contribution in [0.5, 0.6) is 0 Å². The van der Waals surface area contributed by atoms with Crippen LogP contribution in [0.4, 0.5) is 0 Å². The van der Waals surface area contributed by atoms with E-state index in [-0.39, 0.29) is 17.7 Å². The molecule has 35 heavy (non-hydrogen) atoms.